The van der Waals surface area contributed by atoms with Gasteiger partial charge in [-0.2, -0.15) is 5.26 Å². The maximum atomic E-state index is 12.5. The van der Waals surface area contributed by atoms with Gasteiger partial charge in [0.05, 0.1) is 31.2 Å². The molecule has 1 aliphatic heterocycles. The second kappa shape index (κ2) is 7.70. The fraction of sp³-hybridized carbons (Fsp3) is 0.250. The molecule has 1 saturated heterocycles. The summed E-state index contributed by atoms with van der Waals surface area (Å²) < 4.78 is 5.31. The van der Waals surface area contributed by atoms with Gasteiger partial charge in [-0.25, -0.2) is 0 Å². The van der Waals surface area contributed by atoms with Crippen molar-refractivity contribution >= 4 is 23.2 Å². The minimum Gasteiger partial charge on any atom is -0.495 e. The molecule has 0 unspecified atom stereocenters. The summed E-state index contributed by atoms with van der Waals surface area (Å²) >= 11 is 0. The second-order valence-corrected chi connectivity index (χ2v) is 6.10. The third-order valence-corrected chi connectivity index (χ3v) is 4.38. The Hall–Kier alpha value is -3.33. The molecular formula is C20H19N3O3. The minimum atomic E-state index is -0.425. The summed E-state index contributed by atoms with van der Waals surface area (Å²) in [6.07, 6.45) is 0.496. The number of nitriles is 1. The van der Waals surface area contributed by atoms with E-state index in [0.29, 0.717) is 30.1 Å². The number of benzene rings is 2. The number of carbonyl (C=O) groups excluding carboxylic acids is 2. The first kappa shape index (κ1) is 17.5. The van der Waals surface area contributed by atoms with Gasteiger partial charge >= 0.3 is 0 Å². The molecule has 0 spiro atoms. The molecule has 0 radical (unpaired) electrons. The van der Waals surface area contributed by atoms with Gasteiger partial charge in [0.25, 0.3) is 0 Å². The molecule has 0 aromatic heterocycles. The van der Waals surface area contributed by atoms with Gasteiger partial charge in [-0.05, 0) is 29.8 Å². The van der Waals surface area contributed by atoms with Crippen molar-refractivity contribution in [3.05, 3.63) is 54.1 Å². The highest BCUT2D eigenvalue weighted by atomic mass is 16.5. The second-order valence-electron chi connectivity index (χ2n) is 6.10. The normalized spacial score (nSPS) is 16.2. The fourth-order valence-electron chi connectivity index (χ4n) is 3.01. The molecule has 1 atom stereocenters. The van der Waals surface area contributed by atoms with Gasteiger partial charge in [-0.15, -0.1) is 0 Å². The lowest BCUT2D eigenvalue weighted by atomic mass is 10.1. The van der Waals surface area contributed by atoms with Crippen molar-refractivity contribution in [3.63, 3.8) is 0 Å². The highest BCUT2D eigenvalue weighted by Gasteiger charge is 2.36. The van der Waals surface area contributed by atoms with Crippen molar-refractivity contribution in [1.29, 1.82) is 5.26 Å². The zero-order valence-corrected chi connectivity index (χ0v) is 14.4. The number of methoxy groups -OCH3 is 1. The van der Waals surface area contributed by atoms with E-state index >= 15 is 0 Å². The standard InChI is InChI=1S/C20H19N3O3/c1-26-18-5-3-2-4-17(18)23-13-15(12-19(23)24)20(25)22-16-8-6-14(7-9-16)10-11-21/h2-9,15H,10,12-13H2,1H3,(H,22,25)/t15-/m1/s1. The number of rotatable bonds is 5. The molecule has 0 bridgehead atoms. The first-order valence-electron chi connectivity index (χ1n) is 8.32. The summed E-state index contributed by atoms with van der Waals surface area (Å²) in [7, 11) is 1.56. The summed E-state index contributed by atoms with van der Waals surface area (Å²) in [4.78, 5) is 26.5. The Bertz CT molecular complexity index is 855. The summed E-state index contributed by atoms with van der Waals surface area (Å²) in [6.45, 7) is 0.317. The number of nitrogens with zero attached hydrogens (tertiary/aromatic N) is 2. The summed E-state index contributed by atoms with van der Waals surface area (Å²) in [5.74, 6) is -0.107. The van der Waals surface area contributed by atoms with Crippen LogP contribution in [0.1, 0.15) is 12.0 Å². The highest BCUT2D eigenvalue weighted by Crippen LogP contribution is 2.33. The van der Waals surface area contributed by atoms with E-state index in [1.54, 1.807) is 42.3 Å². The van der Waals surface area contributed by atoms with Crippen LogP contribution in [0.3, 0.4) is 0 Å². The van der Waals surface area contributed by atoms with Gasteiger partial charge in [0.1, 0.15) is 5.75 Å². The predicted octanol–water partition coefficient (Wildman–Crippen LogP) is 2.75. The predicted molar refractivity (Wildman–Crippen MR) is 97.8 cm³/mol. The van der Waals surface area contributed by atoms with Crippen LogP contribution in [0.2, 0.25) is 0 Å². The first-order valence-corrected chi connectivity index (χ1v) is 8.32. The van der Waals surface area contributed by atoms with Gasteiger partial charge < -0.3 is 15.0 Å². The molecular weight excluding hydrogens is 330 g/mol. The lowest BCUT2D eigenvalue weighted by Gasteiger charge is -2.19. The average Bonchev–Trinajstić information content (AvgIpc) is 3.05. The van der Waals surface area contributed by atoms with E-state index in [1.807, 2.05) is 18.2 Å². The Kier molecular flexibility index (Phi) is 5.18. The topological polar surface area (TPSA) is 82.4 Å². The quantitative estimate of drug-likeness (QED) is 0.900. The summed E-state index contributed by atoms with van der Waals surface area (Å²) in [6, 6.07) is 16.5. The molecule has 6 nitrogen and oxygen atoms in total. The molecule has 1 fully saturated rings. The number of para-hydroxylation sites is 2. The number of nitrogens with one attached hydrogen (secondary N) is 1. The molecule has 0 aliphatic carbocycles. The zero-order chi connectivity index (χ0) is 18.5. The van der Waals surface area contributed by atoms with Gasteiger partial charge in [-0.1, -0.05) is 24.3 Å². The number of hydrogen-bond donors (Lipinski definition) is 1. The Balaban J connectivity index is 1.68. The van der Waals surface area contributed by atoms with Crippen LogP contribution in [-0.4, -0.2) is 25.5 Å². The monoisotopic (exact) mass is 349 g/mol. The Morgan fingerprint density at radius 1 is 1.27 bits per heavy atom. The smallest absolute Gasteiger partial charge is 0.229 e. The summed E-state index contributed by atoms with van der Waals surface area (Å²) in [5, 5.41) is 11.5. The van der Waals surface area contributed by atoms with Crippen molar-refractivity contribution < 1.29 is 14.3 Å². The number of anilines is 2. The Labute approximate surface area is 152 Å². The molecule has 6 heteroatoms. The molecule has 1 N–H and O–H groups in total. The molecule has 2 aromatic carbocycles. The van der Waals surface area contributed by atoms with Crippen molar-refractivity contribution in [2.24, 2.45) is 5.92 Å². The van der Waals surface area contributed by atoms with Crippen molar-refractivity contribution in [1.82, 2.24) is 0 Å². The van der Waals surface area contributed by atoms with Crippen molar-refractivity contribution in [2.75, 3.05) is 23.9 Å². The van der Waals surface area contributed by atoms with Gasteiger partial charge in [0, 0.05) is 18.7 Å². The SMILES string of the molecule is COc1ccccc1N1C[C@H](C(=O)Nc2ccc(CC#N)cc2)CC1=O. The number of carbonyl (C=O) groups is 2. The number of ether oxygens (including phenoxy) is 1. The molecule has 2 amide bonds. The largest absolute Gasteiger partial charge is 0.495 e. The average molecular weight is 349 g/mol. The third-order valence-electron chi connectivity index (χ3n) is 4.38. The fourth-order valence-corrected chi connectivity index (χ4v) is 3.01. The van der Waals surface area contributed by atoms with E-state index in [2.05, 4.69) is 11.4 Å². The molecule has 26 heavy (non-hydrogen) atoms. The molecule has 132 valence electrons. The van der Waals surface area contributed by atoms with E-state index in [4.69, 9.17) is 10.00 Å². The van der Waals surface area contributed by atoms with Crippen molar-refractivity contribution in [2.45, 2.75) is 12.8 Å². The Morgan fingerprint density at radius 2 is 2.00 bits per heavy atom. The van der Waals surface area contributed by atoms with Crippen LogP contribution in [0.25, 0.3) is 0 Å². The maximum Gasteiger partial charge on any atom is 0.229 e. The maximum absolute atomic E-state index is 12.5. The van der Waals surface area contributed by atoms with Crippen LogP contribution in [0.15, 0.2) is 48.5 Å². The summed E-state index contributed by atoms with van der Waals surface area (Å²) in [5.41, 5.74) is 2.22. The van der Waals surface area contributed by atoms with Gasteiger partial charge in [-0.3, -0.25) is 9.59 Å². The zero-order valence-electron chi connectivity index (χ0n) is 14.4. The molecule has 2 aromatic rings. The van der Waals surface area contributed by atoms with Crippen LogP contribution < -0.4 is 15.0 Å². The van der Waals surface area contributed by atoms with Crippen LogP contribution >= 0.6 is 0 Å². The van der Waals surface area contributed by atoms with Crippen LogP contribution in [0.4, 0.5) is 11.4 Å². The van der Waals surface area contributed by atoms with Gasteiger partial charge in [0.2, 0.25) is 11.8 Å². The molecule has 0 saturated carbocycles. The van der Waals surface area contributed by atoms with E-state index in [-0.39, 0.29) is 18.2 Å². The molecule has 1 heterocycles. The number of hydrogen-bond acceptors (Lipinski definition) is 4. The third kappa shape index (κ3) is 3.67. The van der Waals surface area contributed by atoms with E-state index in [9.17, 15) is 9.59 Å². The van der Waals surface area contributed by atoms with E-state index in [1.165, 1.54) is 0 Å². The van der Waals surface area contributed by atoms with Crippen LogP contribution in [0.5, 0.6) is 5.75 Å². The minimum absolute atomic E-state index is 0.0981. The lowest BCUT2D eigenvalue weighted by molar-refractivity contribution is -0.122. The van der Waals surface area contributed by atoms with E-state index in [0.717, 1.165) is 5.56 Å². The molecule has 1 aliphatic rings. The van der Waals surface area contributed by atoms with Crippen LogP contribution in [-0.2, 0) is 16.0 Å². The highest BCUT2D eigenvalue weighted by molar-refractivity contribution is 6.04. The molecule has 3 rings (SSSR count). The van der Waals surface area contributed by atoms with Gasteiger partial charge in [0.15, 0.2) is 0 Å². The Morgan fingerprint density at radius 3 is 2.69 bits per heavy atom. The van der Waals surface area contributed by atoms with Crippen molar-refractivity contribution in [3.8, 4) is 11.8 Å². The first-order chi connectivity index (χ1) is 12.6. The van der Waals surface area contributed by atoms with Crippen LogP contribution in [0, 0.1) is 17.2 Å². The lowest BCUT2D eigenvalue weighted by Crippen LogP contribution is -2.28. The van der Waals surface area contributed by atoms with E-state index < -0.39 is 5.92 Å². The number of amides is 2.